The van der Waals surface area contributed by atoms with E-state index >= 15 is 0 Å². The molecule has 2 unspecified atom stereocenters. The van der Waals surface area contributed by atoms with Gasteiger partial charge in [-0.15, -0.1) is 0 Å². The van der Waals surface area contributed by atoms with Crippen molar-refractivity contribution < 1.29 is 137 Å². The van der Waals surface area contributed by atoms with Gasteiger partial charge in [-0.2, -0.15) is 123 Å². The minimum absolute atomic E-state index is 0.349. The molecule has 0 aliphatic heterocycles. The maximum Gasteiger partial charge on any atom is 0.460 e. The average Bonchev–Trinajstić information content (AvgIpc) is 2.89. The van der Waals surface area contributed by atoms with E-state index in [4.69, 9.17) is 4.55 Å². The highest BCUT2D eigenvalue weighted by Crippen LogP contribution is 2.62. The van der Waals surface area contributed by atoms with Crippen molar-refractivity contribution in [2.45, 2.75) is 103 Å². The average molecular weight is 891 g/mol. The van der Waals surface area contributed by atoms with Crippen LogP contribution >= 0.6 is 0 Å². The fourth-order valence-corrected chi connectivity index (χ4v) is 4.40. The molecule has 0 radical (unpaired) electrons. The Kier molecular flexibility index (Phi) is 14.5. The Balaban J connectivity index is 6.55. The van der Waals surface area contributed by atoms with Crippen LogP contribution in [-0.2, 0) is 10.1 Å². The van der Waals surface area contributed by atoms with E-state index in [9.17, 15) is 133 Å². The van der Waals surface area contributed by atoms with Crippen LogP contribution in [0.15, 0.2) is 0 Å². The van der Waals surface area contributed by atoms with Gasteiger partial charge in [-0.25, -0.2) is 0 Å². The first-order valence-corrected chi connectivity index (χ1v) is 14.6. The molecule has 3 N–H and O–H groups in total. The molecule has 0 rings (SSSR count). The number of rotatable bonds is 20. The van der Waals surface area contributed by atoms with Gasteiger partial charge in [-0.3, -0.25) is 9.45 Å². The Morgan fingerprint density at radius 1 is 0.426 bits per heavy atom. The lowest BCUT2D eigenvalue weighted by Gasteiger charge is -2.40. The summed E-state index contributed by atoms with van der Waals surface area (Å²) < 4.78 is 376. The highest BCUT2D eigenvalue weighted by molar-refractivity contribution is 7.85. The molecule has 0 fully saturated rings. The van der Waals surface area contributed by atoms with E-state index in [0.29, 0.717) is 0 Å². The van der Waals surface area contributed by atoms with Crippen LogP contribution in [0.25, 0.3) is 0 Å². The standard InChI is InChI=1S/C21H19F26NO5S/c22-10(23,12(26,27)14(30,31)16(34,35)18(38,39)20(42,43)44)4-8(49)6-48(2-1-3-54(51,52)53)7-9(50)5-11(24,25)13(28,29)15(32,33)17(36,37)19(40,41)21(45,46)47/h8-9,49-50H,1-7H2,(H,51,52,53). The van der Waals surface area contributed by atoms with Crippen LogP contribution in [0.3, 0.4) is 0 Å². The zero-order valence-electron chi connectivity index (χ0n) is 24.9. The molecule has 0 bridgehead atoms. The molecule has 0 aliphatic rings. The van der Waals surface area contributed by atoms with E-state index in [2.05, 4.69) is 0 Å². The highest BCUT2D eigenvalue weighted by atomic mass is 32.2. The highest BCUT2D eigenvalue weighted by Gasteiger charge is 2.92. The quantitative estimate of drug-likeness (QED) is 0.0864. The maximum atomic E-state index is 14.1. The first-order chi connectivity index (χ1) is 23.1. The Hall–Kier alpha value is -2.03. The van der Waals surface area contributed by atoms with Gasteiger partial charge in [0.2, 0.25) is 0 Å². The van der Waals surface area contributed by atoms with Crippen molar-refractivity contribution in [3.05, 3.63) is 0 Å². The molecule has 0 aliphatic carbocycles. The van der Waals surface area contributed by atoms with E-state index in [-0.39, 0.29) is 4.90 Å². The van der Waals surface area contributed by atoms with Crippen LogP contribution in [0, 0.1) is 0 Å². The van der Waals surface area contributed by atoms with Gasteiger partial charge in [-0.1, -0.05) is 0 Å². The summed E-state index contributed by atoms with van der Waals surface area (Å²) in [6.07, 6.45) is -31.2. The summed E-state index contributed by atoms with van der Waals surface area (Å²) in [6, 6.07) is 0. The van der Waals surface area contributed by atoms with Gasteiger partial charge in [-0.05, 0) is 13.0 Å². The van der Waals surface area contributed by atoms with Crippen molar-refractivity contribution in [1.29, 1.82) is 0 Å². The van der Waals surface area contributed by atoms with Gasteiger partial charge in [0.1, 0.15) is 0 Å². The van der Waals surface area contributed by atoms with Gasteiger partial charge in [0.15, 0.2) is 0 Å². The molecule has 0 saturated carbocycles. The van der Waals surface area contributed by atoms with E-state index in [1.165, 1.54) is 0 Å². The van der Waals surface area contributed by atoms with Crippen LogP contribution in [0.1, 0.15) is 19.3 Å². The third-order valence-electron chi connectivity index (χ3n) is 6.80. The minimum atomic E-state index is -8.42. The van der Waals surface area contributed by atoms with Crippen molar-refractivity contribution in [2.75, 3.05) is 25.4 Å². The van der Waals surface area contributed by atoms with Crippen molar-refractivity contribution in [3.63, 3.8) is 0 Å². The van der Waals surface area contributed by atoms with E-state index < -0.39 is 139 Å². The SMILES string of the molecule is O=S(=O)(O)CCCN(CC(O)CC(F)(F)C(F)(F)C(F)(F)C(F)(F)C(F)(F)C(F)(F)F)CC(O)CC(F)(F)C(F)(F)C(F)(F)C(F)(F)C(F)(F)C(F)(F)F. The molecule has 0 saturated heterocycles. The van der Waals surface area contributed by atoms with Crippen molar-refractivity contribution in [3.8, 4) is 0 Å². The van der Waals surface area contributed by atoms with Crippen molar-refractivity contribution in [2.24, 2.45) is 0 Å². The van der Waals surface area contributed by atoms with Gasteiger partial charge in [0.05, 0.1) is 18.0 Å². The normalized spacial score (nSPS) is 17.3. The molecule has 2 atom stereocenters. The largest absolute Gasteiger partial charge is 0.460 e. The fraction of sp³-hybridized carbons (Fsp3) is 1.00. The lowest BCUT2D eigenvalue weighted by Crippen LogP contribution is -2.70. The van der Waals surface area contributed by atoms with Crippen molar-refractivity contribution in [1.82, 2.24) is 4.90 Å². The molecule has 54 heavy (non-hydrogen) atoms. The van der Waals surface area contributed by atoms with E-state index in [0.717, 1.165) is 0 Å². The van der Waals surface area contributed by atoms with E-state index in [1.54, 1.807) is 0 Å². The summed E-state index contributed by atoms with van der Waals surface area (Å²) in [4.78, 5) is -0.349. The summed E-state index contributed by atoms with van der Waals surface area (Å²) in [5.74, 6) is -81.7. The summed E-state index contributed by atoms with van der Waals surface area (Å²) >= 11 is 0. The Labute approximate surface area is 281 Å². The summed E-state index contributed by atoms with van der Waals surface area (Å²) in [6.45, 7) is -5.89. The lowest BCUT2D eigenvalue weighted by atomic mass is 9.91. The van der Waals surface area contributed by atoms with Crippen LogP contribution < -0.4 is 0 Å². The monoisotopic (exact) mass is 891 g/mol. The number of nitrogens with zero attached hydrogens (tertiary/aromatic N) is 1. The van der Waals surface area contributed by atoms with Gasteiger partial charge < -0.3 is 10.2 Å². The summed E-state index contributed by atoms with van der Waals surface area (Å²) in [5, 5.41) is 19.3. The molecule has 0 spiro atoms. The number of aliphatic hydroxyl groups is 2. The molecule has 0 aromatic carbocycles. The predicted octanol–water partition coefficient (Wildman–Crippen LogP) is 7.55. The number of aliphatic hydroxyl groups excluding tert-OH is 2. The zero-order valence-corrected chi connectivity index (χ0v) is 25.8. The number of hydrogen-bond donors (Lipinski definition) is 3. The second-order valence-electron chi connectivity index (χ2n) is 11.1. The van der Waals surface area contributed by atoms with Crippen LogP contribution in [0.5, 0.6) is 0 Å². The Morgan fingerprint density at radius 3 is 0.889 bits per heavy atom. The van der Waals surface area contributed by atoms with Gasteiger partial charge >= 0.3 is 71.6 Å². The fourth-order valence-electron chi connectivity index (χ4n) is 3.91. The van der Waals surface area contributed by atoms with Crippen LogP contribution in [0.4, 0.5) is 114 Å². The topological polar surface area (TPSA) is 98.1 Å². The molecule has 326 valence electrons. The third-order valence-corrected chi connectivity index (χ3v) is 7.60. The maximum absolute atomic E-state index is 14.1. The molecule has 0 heterocycles. The van der Waals surface area contributed by atoms with Crippen LogP contribution in [-0.4, -0.2) is 137 Å². The summed E-state index contributed by atoms with van der Waals surface area (Å²) in [7, 11) is -5.16. The lowest BCUT2D eigenvalue weighted by molar-refractivity contribution is -0.440. The molecule has 0 aromatic heterocycles. The third kappa shape index (κ3) is 9.39. The molecule has 33 heteroatoms. The van der Waals surface area contributed by atoms with E-state index in [1.807, 2.05) is 0 Å². The molecule has 0 amide bonds. The van der Waals surface area contributed by atoms with Crippen molar-refractivity contribution >= 4 is 10.1 Å². The number of alkyl halides is 26. The molecule has 0 aromatic rings. The smallest absolute Gasteiger partial charge is 0.392 e. The van der Waals surface area contributed by atoms with Crippen LogP contribution in [0.2, 0.25) is 0 Å². The van der Waals surface area contributed by atoms with Gasteiger partial charge in [0.25, 0.3) is 10.1 Å². The zero-order chi connectivity index (χ0) is 44.2. The first-order valence-electron chi connectivity index (χ1n) is 13.0. The molecular weight excluding hydrogens is 872 g/mol. The second kappa shape index (κ2) is 15.0. The summed E-state index contributed by atoms with van der Waals surface area (Å²) in [5.41, 5.74) is 0. The Bertz CT molecular complexity index is 1290. The predicted molar refractivity (Wildman–Crippen MR) is 120 cm³/mol. The molecule has 6 nitrogen and oxygen atoms in total. The van der Waals surface area contributed by atoms with Gasteiger partial charge in [0, 0.05) is 25.9 Å². The number of hydrogen-bond acceptors (Lipinski definition) is 5. The molecular formula is C21H19F26NO5S. The Morgan fingerprint density at radius 2 is 0.667 bits per heavy atom. The number of halogens is 26. The minimum Gasteiger partial charge on any atom is -0.392 e. The first kappa shape index (κ1) is 52.0. The second-order valence-corrected chi connectivity index (χ2v) is 12.7.